The molecule has 5 nitrogen and oxygen atoms in total. The van der Waals surface area contributed by atoms with Gasteiger partial charge in [0.05, 0.1) is 0 Å². The molecule has 0 aliphatic rings. The fourth-order valence-electron chi connectivity index (χ4n) is 1.01. The number of aromatic nitrogens is 4. The van der Waals surface area contributed by atoms with Crippen LogP contribution in [-0.2, 0) is 0 Å². The van der Waals surface area contributed by atoms with Crippen molar-refractivity contribution < 1.29 is 0 Å². The molecule has 0 aliphatic heterocycles. The summed E-state index contributed by atoms with van der Waals surface area (Å²) in [4.78, 5) is 0. The number of benzene rings is 1. The van der Waals surface area contributed by atoms with E-state index in [-0.39, 0.29) is 0 Å². The summed E-state index contributed by atoms with van der Waals surface area (Å²) in [6.07, 6.45) is 0. The van der Waals surface area contributed by atoms with Crippen molar-refractivity contribution in [2.24, 2.45) is 0 Å². The topological polar surface area (TPSA) is 80.5 Å². The maximum atomic E-state index is 5.76. The minimum absolute atomic E-state index is 0.594. The van der Waals surface area contributed by atoms with Gasteiger partial charge in [0, 0.05) is 14.8 Å². The van der Waals surface area contributed by atoms with Crippen LogP contribution in [-0.4, -0.2) is 20.6 Å². The summed E-state index contributed by atoms with van der Waals surface area (Å²) in [7, 11) is 0. The molecule has 13 heavy (non-hydrogen) atoms. The molecule has 3 N–H and O–H groups in total. The second-order valence-corrected chi connectivity index (χ2v) is 3.73. The molecule has 66 valence electrons. The molecular formula is C7H6IN5. The van der Waals surface area contributed by atoms with Crippen molar-refractivity contribution in [3.05, 3.63) is 21.8 Å². The van der Waals surface area contributed by atoms with Crippen LogP contribution in [0.2, 0.25) is 0 Å². The van der Waals surface area contributed by atoms with E-state index in [1.165, 1.54) is 0 Å². The molecule has 0 saturated heterocycles. The van der Waals surface area contributed by atoms with Crippen LogP contribution < -0.4 is 5.73 Å². The number of H-pyrrole nitrogens is 1. The molecule has 6 heteroatoms. The highest BCUT2D eigenvalue weighted by atomic mass is 127. The lowest BCUT2D eigenvalue weighted by molar-refractivity contribution is 0.881. The summed E-state index contributed by atoms with van der Waals surface area (Å²) < 4.78 is 1.10. The lowest BCUT2D eigenvalue weighted by Crippen LogP contribution is -1.92. The number of hydrogen-bond donors (Lipinski definition) is 2. The third-order valence-electron chi connectivity index (χ3n) is 1.62. The largest absolute Gasteiger partial charge is 0.398 e. The Hall–Kier alpha value is -1.18. The molecule has 0 radical (unpaired) electrons. The third-order valence-corrected chi connectivity index (χ3v) is 2.29. The Labute approximate surface area is 87.9 Å². The molecule has 2 aromatic rings. The molecule has 0 fully saturated rings. The van der Waals surface area contributed by atoms with Gasteiger partial charge in [-0.2, -0.15) is 0 Å². The fraction of sp³-hybridized carbons (Fsp3) is 0. The zero-order valence-electron chi connectivity index (χ0n) is 6.53. The number of aromatic amines is 1. The maximum Gasteiger partial charge on any atom is 0.181 e. The van der Waals surface area contributed by atoms with Gasteiger partial charge < -0.3 is 5.73 Å². The van der Waals surface area contributed by atoms with Crippen LogP contribution in [0.5, 0.6) is 0 Å². The highest BCUT2D eigenvalue weighted by Crippen LogP contribution is 2.23. The van der Waals surface area contributed by atoms with Crippen LogP contribution in [0.4, 0.5) is 5.69 Å². The third kappa shape index (κ3) is 1.62. The first-order valence-corrected chi connectivity index (χ1v) is 4.64. The van der Waals surface area contributed by atoms with Crippen LogP contribution in [0.1, 0.15) is 0 Å². The summed E-state index contributed by atoms with van der Waals surface area (Å²) in [6, 6.07) is 5.70. The number of tetrazole rings is 1. The SMILES string of the molecule is Nc1ccc(I)cc1-c1nnn[nH]1. The first kappa shape index (κ1) is 8.42. The number of nitrogen functional groups attached to an aromatic ring is 1. The molecule has 0 aliphatic carbocycles. The van der Waals surface area contributed by atoms with Gasteiger partial charge in [-0.1, -0.05) is 0 Å². The molecule has 0 spiro atoms. The average molecular weight is 287 g/mol. The Morgan fingerprint density at radius 2 is 2.23 bits per heavy atom. The van der Waals surface area contributed by atoms with Crippen LogP contribution in [0.25, 0.3) is 11.4 Å². The van der Waals surface area contributed by atoms with E-state index >= 15 is 0 Å². The standard InChI is InChI=1S/C7H6IN5/c8-4-1-2-6(9)5(3-4)7-10-12-13-11-7/h1-3H,9H2,(H,10,11,12,13). The Balaban J connectivity index is 2.57. The molecule has 1 aromatic carbocycles. The summed E-state index contributed by atoms with van der Waals surface area (Å²) in [5, 5.41) is 13.4. The van der Waals surface area contributed by atoms with Gasteiger partial charge in [0.15, 0.2) is 5.82 Å². The molecule has 0 atom stereocenters. The van der Waals surface area contributed by atoms with E-state index in [1.807, 2.05) is 18.2 Å². The van der Waals surface area contributed by atoms with Crippen molar-refractivity contribution in [3.63, 3.8) is 0 Å². The van der Waals surface area contributed by atoms with Crippen LogP contribution in [0.15, 0.2) is 18.2 Å². The number of hydrogen-bond acceptors (Lipinski definition) is 4. The molecular weight excluding hydrogens is 281 g/mol. The van der Waals surface area contributed by atoms with E-state index < -0.39 is 0 Å². The molecule has 1 aromatic heterocycles. The smallest absolute Gasteiger partial charge is 0.181 e. The number of nitrogens with zero attached hydrogens (tertiary/aromatic N) is 3. The fourth-order valence-corrected chi connectivity index (χ4v) is 1.50. The number of halogens is 1. The number of nitrogens with one attached hydrogen (secondary N) is 1. The van der Waals surface area contributed by atoms with Crippen LogP contribution >= 0.6 is 22.6 Å². The van der Waals surface area contributed by atoms with Gasteiger partial charge >= 0.3 is 0 Å². The van der Waals surface area contributed by atoms with Crippen LogP contribution in [0, 0.1) is 3.57 Å². The van der Waals surface area contributed by atoms with E-state index in [0.29, 0.717) is 11.5 Å². The second kappa shape index (κ2) is 3.29. The average Bonchev–Trinajstić information content (AvgIpc) is 2.61. The summed E-state index contributed by atoms with van der Waals surface area (Å²) >= 11 is 2.21. The highest BCUT2D eigenvalue weighted by molar-refractivity contribution is 14.1. The van der Waals surface area contributed by atoms with E-state index in [0.717, 1.165) is 9.13 Å². The molecule has 0 bridgehead atoms. The summed E-state index contributed by atoms with van der Waals surface area (Å²) in [6.45, 7) is 0. The van der Waals surface area contributed by atoms with Gasteiger partial charge in [-0.15, -0.1) is 5.10 Å². The second-order valence-electron chi connectivity index (χ2n) is 2.48. The Morgan fingerprint density at radius 1 is 1.38 bits per heavy atom. The Kier molecular flexibility index (Phi) is 2.13. The lowest BCUT2D eigenvalue weighted by Gasteiger charge is -2.00. The maximum absolute atomic E-state index is 5.76. The summed E-state index contributed by atoms with van der Waals surface area (Å²) in [5.74, 6) is 0.594. The number of anilines is 1. The number of nitrogens with two attached hydrogens (primary N) is 1. The van der Waals surface area contributed by atoms with Crippen LogP contribution in [0.3, 0.4) is 0 Å². The van der Waals surface area contributed by atoms with Gasteiger partial charge in [0.2, 0.25) is 0 Å². The van der Waals surface area contributed by atoms with Crippen molar-refractivity contribution in [3.8, 4) is 11.4 Å². The van der Waals surface area contributed by atoms with Gasteiger partial charge in [0.25, 0.3) is 0 Å². The minimum Gasteiger partial charge on any atom is -0.398 e. The normalized spacial score (nSPS) is 10.2. The molecule has 0 amide bonds. The van der Waals surface area contributed by atoms with Gasteiger partial charge in [0.1, 0.15) is 0 Å². The van der Waals surface area contributed by atoms with Gasteiger partial charge in [-0.25, -0.2) is 5.10 Å². The van der Waals surface area contributed by atoms with Gasteiger partial charge in [-0.3, -0.25) is 0 Å². The van der Waals surface area contributed by atoms with Crippen molar-refractivity contribution in [2.45, 2.75) is 0 Å². The van der Waals surface area contributed by atoms with E-state index in [1.54, 1.807) is 0 Å². The predicted octanol–water partition coefficient (Wildman–Crippen LogP) is 1.05. The monoisotopic (exact) mass is 287 g/mol. The predicted molar refractivity (Wildman–Crippen MR) is 56.7 cm³/mol. The lowest BCUT2D eigenvalue weighted by atomic mass is 10.2. The van der Waals surface area contributed by atoms with Crippen molar-refractivity contribution in [2.75, 3.05) is 5.73 Å². The Morgan fingerprint density at radius 3 is 2.92 bits per heavy atom. The van der Waals surface area contributed by atoms with Crippen molar-refractivity contribution in [1.82, 2.24) is 20.6 Å². The molecule has 1 heterocycles. The molecule has 2 rings (SSSR count). The van der Waals surface area contributed by atoms with E-state index in [4.69, 9.17) is 5.73 Å². The van der Waals surface area contributed by atoms with Gasteiger partial charge in [-0.05, 0) is 51.2 Å². The van der Waals surface area contributed by atoms with E-state index in [9.17, 15) is 0 Å². The molecule has 0 saturated carbocycles. The quantitative estimate of drug-likeness (QED) is 0.607. The van der Waals surface area contributed by atoms with Crippen molar-refractivity contribution in [1.29, 1.82) is 0 Å². The van der Waals surface area contributed by atoms with Crippen molar-refractivity contribution >= 4 is 28.3 Å². The Bertz CT molecular complexity index is 411. The minimum atomic E-state index is 0.594. The number of rotatable bonds is 1. The molecule has 0 unspecified atom stereocenters. The highest BCUT2D eigenvalue weighted by Gasteiger charge is 2.05. The van der Waals surface area contributed by atoms with E-state index in [2.05, 4.69) is 43.2 Å². The summed E-state index contributed by atoms with van der Waals surface area (Å²) in [5.41, 5.74) is 7.26. The first-order valence-electron chi connectivity index (χ1n) is 3.56. The zero-order valence-corrected chi connectivity index (χ0v) is 8.69. The zero-order chi connectivity index (χ0) is 9.26. The first-order chi connectivity index (χ1) is 6.27.